The molecule has 1 aliphatic rings. The second-order valence-electron chi connectivity index (χ2n) is 6.28. The summed E-state index contributed by atoms with van der Waals surface area (Å²) in [6.45, 7) is 1.99. The Morgan fingerprint density at radius 3 is 2.74 bits per heavy atom. The molecule has 1 aliphatic carbocycles. The van der Waals surface area contributed by atoms with Crippen molar-refractivity contribution < 1.29 is 13.6 Å². The molecule has 0 radical (unpaired) electrons. The van der Waals surface area contributed by atoms with Crippen LogP contribution in [0, 0.1) is 11.7 Å². The molecule has 2 aromatic rings. The molecule has 1 fully saturated rings. The predicted octanol–water partition coefficient (Wildman–Crippen LogP) is 3.63. The maximum Gasteiger partial charge on any atom is 0.287 e. The first-order valence-corrected chi connectivity index (χ1v) is 8.09. The van der Waals surface area contributed by atoms with Gasteiger partial charge in [0.25, 0.3) is 5.91 Å². The van der Waals surface area contributed by atoms with Gasteiger partial charge >= 0.3 is 0 Å². The third-order valence-corrected chi connectivity index (χ3v) is 4.63. The van der Waals surface area contributed by atoms with Gasteiger partial charge in [0, 0.05) is 12.1 Å². The van der Waals surface area contributed by atoms with Gasteiger partial charge in [-0.3, -0.25) is 9.59 Å². The lowest BCUT2D eigenvalue weighted by Gasteiger charge is -2.28. The molecule has 0 aliphatic heterocycles. The Kier molecular flexibility index (Phi) is 4.46. The molecular weight excluding hydrogens is 297 g/mol. The van der Waals surface area contributed by atoms with Crippen molar-refractivity contribution in [1.82, 2.24) is 5.32 Å². The van der Waals surface area contributed by atoms with Crippen molar-refractivity contribution in [2.24, 2.45) is 5.92 Å². The topological polar surface area (TPSA) is 59.3 Å². The first-order chi connectivity index (χ1) is 11.0. The van der Waals surface area contributed by atoms with E-state index >= 15 is 0 Å². The molecule has 1 aromatic carbocycles. The van der Waals surface area contributed by atoms with E-state index in [4.69, 9.17) is 4.42 Å². The summed E-state index contributed by atoms with van der Waals surface area (Å²) in [7, 11) is 0. The van der Waals surface area contributed by atoms with Gasteiger partial charge < -0.3 is 9.73 Å². The molecule has 0 bridgehead atoms. The van der Waals surface area contributed by atoms with Gasteiger partial charge in [-0.1, -0.05) is 19.3 Å². The van der Waals surface area contributed by atoms with Crippen LogP contribution in [0.3, 0.4) is 0 Å². The minimum Gasteiger partial charge on any atom is -0.451 e. The van der Waals surface area contributed by atoms with Crippen molar-refractivity contribution in [3.8, 4) is 0 Å². The number of carbonyl (C=O) groups excluding carboxylic acids is 1. The summed E-state index contributed by atoms with van der Waals surface area (Å²) in [5.74, 6) is -0.468. The summed E-state index contributed by atoms with van der Waals surface area (Å²) in [6.07, 6.45) is 5.88. The summed E-state index contributed by atoms with van der Waals surface area (Å²) in [5, 5.41) is 3.06. The number of carbonyl (C=O) groups is 1. The van der Waals surface area contributed by atoms with E-state index in [2.05, 4.69) is 5.32 Å². The van der Waals surface area contributed by atoms with E-state index in [1.165, 1.54) is 31.4 Å². The first-order valence-electron chi connectivity index (χ1n) is 8.09. The lowest BCUT2D eigenvalue weighted by molar-refractivity contribution is 0.0891. The van der Waals surface area contributed by atoms with E-state index in [1.54, 1.807) is 0 Å². The quantitative estimate of drug-likeness (QED) is 0.940. The molecule has 1 heterocycles. The normalized spacial score (nSPS) is 17.1. The molecule has 1 atom stereocenters. The van der Waals surface area contributed by atoms with E-state index < -0.39 is 17.2 Å². The Bertz CT molecular complexity index is 777. The minimum atomic E-state index is -0.507. The van der Waals surface area contributed by atoms with Crippen molar-refractivity contribution in [1.29, 1.82) is 0 Å². The number of rotatable bonds is 3. The number of hydrogen-bond donors (Lipinski definition) is 1. The van der Waals surface area contributed by atoms with Crippen LogP contribution in [0.25, 0.3) is 11.0 Å². The molecule has 5 heteroatoms. The number of hydrogen-bond acceptors (Lipinski definition) is 3. The predicted molar refractivity (Wildman–Crippen MR) is 85.9 cm³/mol. The third kappa shape index (κ3) is 3.44. The van der Waals surface area contributed by atoms with E-state index in [0.717, 1.165) is 25.0 Å². The number of nitrogens with one attached hydrogen (secondary N) is 1. The molecule has 3 rings (SSSR count). The highest BCUT2D eigenvalue weighted by atomic mass is 19.1. The van der Waals surface area contributed by atoms with E-state index in [0.29, 0.717) is 5.92 Å². The summed E-state index contributed by atoms with van der Waals surface area (Å²) >= 11 is 0. The standard InChI is InChI=1S/C18H20FNO3/c1-11(12-5-3-2-4-6-12)20-18(22)17-10-15(21)14-9-13(19)7-8-16(14)23-17/h7-12H,2-6H2,1H3,(H,20,22)/t11-/m0/s1. The maximum absolute atomic E-state index is 13.2. The van der Waals surface area contributed by atoms with Gasteiger partial charge in [0.2, 0.25) is 0 Å². The van der Waals surface area contributed by atoms with Crippen LogP contribution >= 0.6 is 0 Å². The van der Waals surface area contributed by atoms with Crippen LogP contribution in [-0.4, -0.2) is 11.9 Å². The molecule has 1 N–H and O–H groups in total. The van der Waals surface area contributed by atoms with Crippen molar-refractivity contribution >= 4 is 16.9 Å². The highest BCUT2D eigenvalue weighted by molar-refractivity contribution is 5.93. The van der Waals surface area contributed by atoms with Crippen molar-refractivity contribution in [3.05, 3.63) is 46.1 Å². The highest BCUT2D eigenvalue weighted by Crippen LogP contribution is 2.26. The Morgan fingerprint density at radius 2 is 2.00 bits per heavy atom. The lowest BCUT2D eigenvalue weighted by Crippen LogP contribution is -2.39. The Morgan fingerprint density at radius 1 is 1.26 bits per heavy atom. The van der Waals surface area contributed by atoms with Gasteiger partial charge in [-0.2, -0.15) is 0 Å². The minimum absolute atomic E-state index is 0.0308. The molecule has 0 saturated heterocycles. The molecule has 4 nitrogen and oxygen atoms in total. The fraction of sp³-hybridized carbons (Fsp3) is 0.444. The number of halogens is 1. The first kappa shape index (κ1) is 15.7. The fourth-order valence-electron chi connectivity index (χ4n) is 3.27. The summed E-state index contributed by atoms with van der Waals surface area (Å²) in [4.78, 5) is 24.4. The van der Waals surface area contributed by atoms with Gasteiger partial charge in [0.15, 0.2) is 11.2 Å². The van der Waals surface area contributed by atoms with Crippen LogP contribution in [0.1, 0.15) is 49.6 Å². The van der Waals surface area contributed by atoms with Gasteiger partial charge in [0.1, 0.15) is 11.4 Å². The molecule has 1 amide bonds. The van der Waals surface area contributed by atoms with Gasteiger partial charge in [-0.25, -0.2) is 4.39 Å². The maximum atomic E-state index is 13.2. The summed E-state index contributed by atoms with van der Waals surface area (Å²) in [6, 6.07) is 4.86. The Balaban J connectivity index is 1.80. The molecular formula is C18H20FNO3. The smallest absolute Gasteiger partial charge is 0.287 e. The summed E-state index contributed by atoms with van der Waals surface area (Å²) in [5.41, 5.74) is -0.199. The second kappa shape index (κ2) is 6.52. The van der Waals surface area contributed by atoms with Crippen LogP contribution in [0.5, 0.6) is 0 Å². The third-order valence-electron chi connectivity index (χ3n) is 4.63. The Labute approximate surface area is 133 Å². The molecule has 1 aromatic heterocycles. The van der Waals surface area contributed by atoms with Gasteiger partial charge in [-0.05, 0) is 43.9 Å². The zero-order valence-electron chi connectivity index (χ0n) is 13.1. The zero-order valence-corrected chi connectivity index (χ0v) is 13.1. The number of benzene rings is 1. The van der Waals surface area contributed by atoms with Crippen LogP contribution < -0.4 is 10.7 Å². The monoisotopic (exact) mass is 317 g/mol. The largest absolute Gasteiger partial charge is 0.451 e. The van der Waals surface area contributed by atoms with E-state index in [1.807, 2.05) is 6.92 Å². The van der Waals surface area contributed by atoms with Gasteiger partial charge in [-0.15, -0.1) is 0 Å². The molecule has 0 spiro atoms. The molecule has 23 heavy (non-hydrogen) atoms. The van der Waals surface area contributed by atoms with Crippen molar-refractivity contribution in [2.45, 2.75) is 45.1 Å². The van der Waals surface area contributed by atoms with Crippen LogP contribution in [0.2, 0.25) is 0 Å². The number of fused-ring (bicyclic) bond motifs is 1. The van der Waals surface area contributed by atoms with Crippen LogP contribution in [0.15, 0.2) is 33.5 Å². The van der Waals surface area contributed by atoms with Gasteiger partial charge in [0.05, 0.1) is 5.39 Å². The molecule has 122 valence electrons. The van der Waals surface area contributed by atoms with E-state index in [9.17, 15) is 14.0 Å². The van der Waals surface area contributed by atoms with E-state index in [-0.39, 0.29) is 22.8 Å². The lowest BCUT2D eigenvalue weighted by atomic mass is 9.84. The fourth-order valence-corrected chi connectivity index (χ4v) is 3.27. The summed E-state index contributed by atoms with van der Waals surface area (Å²) < 4.78 is 18.7. The van der Waals surface area contributed by atoms with Crippen LogP contribution in [-0.2, 0) is 0 Å². The molecule has 0 unspecified atom stereocenters. The second-order valence-corrected chi connectivity index (χ2v) is 6.28. The number of amides is 1. The zero-order chi connectivity index (χ0) is 16.4. The average molecular weight is 317 g/mol. The Hall–Kier alpha value is -2.17. The SMILES string of the molecule is C[C@H](NC(=O)c1cc(=O)c2cc(F)ccc2o1)C1CCCCC1. The average Bonchev–Trinajstić information content (AvgIpc) is 2.56. The molecule has 1 saturated carbocycles. The van der Waals surface area contributed by atoms with Crippen molar-refractivity contribution in [2.75, 3.05) is 0 Å². The highest BCUT2D eigenvalue weighted by Gasteiger charge is 2.23. The van der Waals surface area contributed by atoms with Crippen LogP contribution in [0.4, 0.5) is 4.39 Å². The van der Waals surface area contributed by atoms with Crippen molar-refractivity contribution in [3.63, 3.8) is 0 Å².